The molecule has 4 N–H and O–H groups in total. The third kappa shape index (κ3) is 10.1. The quantitative estimate of drug-likeness (QED) is 0.182. The Morgan fingerprint density at radius 3 is 2.63 bits per heavy atom. The van der Waals surface area contributed by atoms with Crippen molar-refractivity contribution in [2.24, 2.45) is 11.7 Å². The van der Waals surface area contributed by atoms with Gasteiger partial charge < -0.3 is 35.1 Å². The first-order chi connectivity index (χ1) is 20.7. The number of aliphatic hydroxyl groups excluding tert-OH is 1. The fraction of sp³-hybridized carbons (Fsp3) is 0.457. The van der Waals surface area contributed by atoms with Crippen LogP contribution in [0, 0.1) is 5.92 Å². The summed E-state index contributed by atoms with van der Waals surface area (Å²) in [5.74, 6) is 1.02. The van der Waals surface area contributed by atoms with Gasteiger partial charge in [-0.3, -0.25) is 4.79 Å². The molecule has 1 aliphatic heterocycles. The zero-order valence-electron chi connectivity index (χ0n) is 25.6. The summed E-state index contributed by atoms with van der Waals surface area (Å²) in [5, 5.41) is 14.0. The molecule has 3 aromatic carbocycles. The van der Waals surface area contributed by atoms with Crippen LogP contribution in [0.4, 0.5) is 0 Å². The average molecular weight is 591 g/mol. The predicted octanol–water partition coefficient (Wildman–Crippen LogP) is 5.35. The molecular weight excluding hydrogens is 544 g/mol. The molecule has 0 saturated heterocycles. The van der Waals surface area contributed by atoms with Crippen molar-refractivity contribution in [1.29, 1.82) is 0 Å². The summed E-state index contributed by atoms with van der Waals surface area (Å²) in [6.45, 7) is 9.29. The summed E-state index contributed by atoms with van der Waals surface area (Å²) in [5.41, 5.74) is 10.1. The van der Waals surface area contributed by atoms with Gasteiger partial charge in [-0.1, -0.05) is 49.7 Å². The van der Waals surface area contributed by atoms with E-state index >= 15 is 0 Å². The largest absolute Gasteiger partial charge is 0.491 e. The van der Waals surface area contributed by atoms with Gasteiger partial charge in [0.05, 0.1) is 19.3 Å². The lowest BCUT2D eigenvalue weighted by Crippen LogP contribution is -2.35. The van der Waals surface area contributed by atoms with E-state index in [1.165, 1.54) is 5.56 Å². The molecule has 0 aliphatic carbocycles. The number of primary amides is 1. The molecule has 232 valence electrons. The highest BCUT2D eigenvalue weighted by atomic mass is 16.7. The summed E-state index contributed by atoms with van der Waals surface area (Å²) in [6.07, 6.45) is 2.99. The molecule has 43 heavy (non-hydrogen) atoms. The highest BCUT2D eigenvalue weighted by Crippen LogP contribution is 2.32. The molecular formula is C35H46N2O6. The summed E-state index contributed by atoms with van der Waals surface area (Å²) in [7, 11) is 0. The first kappa shape index (κ1) is 32.5. The molecule has 1 unspecified atom stereocenters. The minimum absolute atomic E-state index is 0.379. The second-order valence-corrected chi connectivity index (χ2v) is 11.5. The number of benzene rings is 3. The molecule has 0 radical (unpaired) electrons. The molecule has 3 aromatic rings. The molecule has 8 heteroatoms. The highest BCUT2D eigenvalue weighted by Gasteiger charge is 2.27. The fourth-order valence-corrected chi connectivity index (χ4v) is 5.12. The van der Waals surface area contributed by atoms with Gasteiger partial charge in [-0.05, 0) is 78.7 Å². The van der Waals surface area contributed by atoms with E-state index in [1.807, 2.05) is 62.4 Å². The first-order valence-electron chi connectivity index (χ1n) is 15.3. The van der Waals surface area contributed by atoms with Crippen LogP contribution in [0.2, 0.25) is 0 Å². The number of carbonyl (C=O) groups excluding carboxylic acids is 1. The molecule has 8 nitrogen and oxygen atoms in total. The number of ether oxygens (including phenoxy) is 4. The number of hydrogen-bond donors (Lipinski definition) is 3. The van der Waals surface area contributed by atoms with Gasteiger partial charge in [0.1, 0.15) is 18.1 Å². The Hall–Kier alpha value is -3.43. The van der Waals surface area contributed by atoms with Crippen molar-refractivity contribution >= 4 is 5.91 Å². The lowest BCUT2D eigenvalue weighted by atomic mass is 9.95. The molecule has 1 heterocycles. The maximum absolute atomic E-state index is 11.7. The number of carbonyl (C=O) groups is 1. The lowest BCUT2D eigenvalue weighted by molar-refractivity contribution is -0.180. The average Bonchev–Trinajstić information content (AvgIpc) is 3.00. The minimum Gasteiger partial charge on any atom is -0.491 e. The van der Waals surface area contributed by atoms with Crippen LogP contribution in [0.3, 0.4) is 0 Å². The normalized spacial score (nSPS) is 15.3. The monoisotopic (exact) mass is 590 g/mol. The van der Waals surface area contributed by atoms with E-state index in [1.54, 1.807) is 6.07 Å². The van der Waals surface area contributed by atoms with Crippen LogP contribution in [0.15, 0.2) is 66.7 Å². The number of nitrogens with one attached hydrogen (secondary N) is 1. The van der Waals surface area contributed by atoms with Crippen LogP contribution in [0.1, 0.15) is 72.3 Å². The standard InChI is InChI=1S/C35H46N2O6/c1-4-25(9-12-27-7-5-6-8-31(27)34(36)39)23-40-19-20-41-30-14-10-26(11-15-30)17-18-37-22-32(38)28-13-16-33-29(21-28)24-42-35(2,3)43-33/h5-8,10-11,13-16,21,25,32,37-38H,4,9,12,17-20,22-24H2,1-3H3,(H2,36,39)/t25?,32-/m0/s1. The van der Waals surface area contributed by atoms with E-state index in [-0.39, 0.29) is 5.91 Å². The number of aryl methyl sites for hydroxylation is 1. The van der Waals surface area contributed by atoms with E-state index in [0.717, 1.165) is 60.4 Å². The second-order valence-electron chi connectivity index (χ2n) is 11.5. The van der Waals surface area contributed by atoms with Gasteiger partial charge in [0, 0.05) is 38.1 Å². The Labute approximate surface area is 255 Å². The van der Waals surface area contributed by atoms with Gasteiger partial charge in [0.2, 0.25) is 11.7 Å². The topological polar surface area (TPSA) is 112 Å². The van der Waals surface area contributed by atoms with E-state index < -0.39 is 11.9 Å². The van der Waals surface area contributed by atoms with Crippen molar-refractivity contribution in [3.05, 3.63) is 94.5 Å². The molecule has 0 aromatic heterocycles. The molecule has 0 spiro atoms. The summed E-state index contributed by atoms with van der Waals surface area (Å²) >= 11 is 0. The lowest BCUT2D eigenvalue weighted by Gasteiger charge is -2.33. The van der Waals surface area contributed by atoms with Crippen LogP contribution in [-0.2, 0) is 28.9 Å². The summed E-state index contributed by atoms with van der Waals surface area (Å²) in [6, 6.07) is 21.4. The maximum atomic E-state index is 11.7. The smallest absolute Gasteiger partial charge is 0.248 e. The van der Waals surface area contributed by atoms with Crippen molar-refractivity contribution in [3.63, 3.8) is 0 Å². The number of nitrogens with two attached hydrogens (primary N) is 1. The number of hydrogen-bond acceptors (Lipinski definition) is 7. The number of rotatable bonds is 17. The van der Waals surface area contributed by atoms with Crippen LogP contribution in [0.5, 0.6) is 11.5 Å². The Bertz CT molecular complexity index is 1310. The minimum atomic E-state index is -0.628. The van der Waals surface area contributed by atoms with Crippen molar-refractivity contribution in [3.8, 4) is 11.5 Å². The van der Waals surface area contributed by atoms with Crippen molar-refractivity contribution in [1.82, 2.24) is 5.32 Å². The Balaban J connectivity index is 1.09. The van der Waals surface area contributed by atoms with Gasteiger partial charge in [-0.15, -0.1) is 0 Å². The van der Waals surface area contributed by atoms with E-state index in [0.29, 0.717) is 44.5 Å². The first-order valence-corrected chi connectivity index (χ1v) is 15.3. The summed E-state index contributed by atoms with van der Waals surface area (Å²) < 4.78 is 23.3. The second kappa shape index (κ2) is 15.9. The zero-order chi connectivity index (χ0) is 30.7. The third-order valence-corrected chi connectivity index (χ3v) is 7.78. The third-order valence-electron chi connectivity index (χ3n) is 7.78. The SMILES string of the molecule is CCC(CCc1ccccc1C(N)=O)COCCOc1ccc(CCNC[C@H](O)c2ccc3c(c2)COC(C)(C)O3)cc1. The van der Waals surface area contributed by atoms with Crippen molar-refractivity contribution in [2.75, 3.05) is 32.9 Å². The maximum Gasteiger partial charge on any atom is 0.248 e. The Morgan fingerprint density at radius 2 is 1.86 bits per heavy atom. The predicted molar refractivity (Wildman–Crippen MR) is 167 cm³/mol. The fourth-order valence-electron chi connectivity index (χ4n) is 5.12. The van der Waals surface area contributed by atoms with Gasteiger partial charge in [0.15, 0.2) is 0 Å². The Kier molecular flexibility index (Phi) is 12.0. The van der Waals surface area contributed by atoms with Crippen LogP contribution in [0.25, 0.3) is 0 Å². The molecule has 0 bridgehead atoms. The van der Waals surface area contributed by atoms with Crippen LogP contribution >= 0.6 is 0 Å². The van der Waals surface area contributed by atoms with E-state index in [9.17, 15) is 9.90 Å². The molecule has 1 amide bonds. The van der Waals surface area contributed by atoms with Crippen molar-refractivity contribution in [2.45, 2.75) is 65.0 Å². The van der Waals surface area contributed by atoms with Gasteiger partial charge in [-0.2, -0.15) is 0 Å². The van der Waals surface area contributed by atoms with E-state index in [4.69, 9.17) is 24.7 Å². The Morgan fingerprint density at radius 1 is 1.07 bits per heavy atom. The molecule has 0 saturated carbocycles. The van der Waals surface area contributed by atoms with Gasteiger partial charge in [-0.25, -0.2) is 0 Å². The van der Waals surface area contributed by atoms with Crippen LogP contribution < -0.4 is 20.5 Å². The van der Waals surface area contributed by atoms with Gasteiger partial charge in [0.25, 0.3) is 0 Å². The number of aliphatic hydroxyl groups is 1. The molecule has 2 atom stereocenters. The van der Waals surface area contributed by atoms with E-state index in [2.05, 4.69) is 24.4 Å². The molecule has 0 fully saturated rings. The van der Waals surface area contributed by atoms with Crippen LogP contribution in [-0.4, -0.2) is 49.7 Å². The number of amides is 1. The number of fused-ring (bicyclic) bond motifs is 1. The molecule has 1 aliphatic rings. The summed E-state index contributed by atoms with van der Waals surface area (Å²) in [4.78, 5) is 11.7. The molecule has 4 rings (SSSR count). The van der Waals surface area contributed by atoms with Crippen molar-refractivity contribution < 1.29 is 28.8 Å². The zero-order valence-corrected chi connectivity index (χ0v) is 25.6. The van der Waals surface area contributed by atoms with Gasteiger partial charge >= 0.3 is 0 Å². The highest BCUT2D eigenvalue weighted by molar-refractivity contribution is 5.94.